The lowest BCUT2D eigenvalue weighted by Crippen LogP contribution is -2.36. The maximum absolute atomic E-state index is 12.0. The van der Waals surface area contributed by atoms with Crippen molar-refractivity contribution in [3.05, 3.63) is 53.6 Å². The molecule has 23 heavy (non-hydrogen) atoms. The number of aliphatic hydroxyl groups excluding tert-OH is 1. The zero-order valence-electron chi connectivity index (χ0n) is 12.8. The summed E-state index contributed by atoms with van der Waals surface area (Å²) in [5.41, 5.74) is 0.651. The van der Waals surface area contributed by atoms with Crippen molar-refractivity contribution in [2.24, 2.45) is 0 Å². The number of rotatable bonds is 6. The molecule has 0 saturated carbocycles. The van der Waals surface area contributed by atoms with Crippen LogP contribution in [0, 0.1) is 0 Å². The number of ether oxygens (including phenoxy) is 1. The average molecular weight is 335 g/mol. The number of carbonyl (C=O) groups is 1. The van der Waals surface area contributed by atoms with Gasteiger partial charge in [0.05, 0.1) is 11.6 Å². The third kappa shape index (κ3) is 4.87. The molecule has 2 aromatic rings. The highest BCUT2D eigenvalue weighted by atomic mass is 35.5. The van der Waals surface area contributed by atoms with E-state index in [0.29, 0.717) is 35.3 Å². The van der Waals surface area contributed by atoms with Crippen LogP contribution in [0.5, 0.6) is 11.5 Å². The molecule has 0 heterocycles. The number of likely N-dealkylation sites (N-methyl/N-ethyl adjacent to an activating group) is 1. The molecular formula is C17H19ClN2O3. The van der Waals surface area contributed by atoms with Crippen LogP contribution in [0.2, 0.25) is 5.02 Å². The molecule has 0 aromatic heterocycles. The highest BCUT2D eigenvalue weighted by molar-refractivity contribution is 6.32. The Bertz CT molecular complexity index is 647. The van der Waals surface area contributed by atoms with Crippen LogP contribution in [0.3, 0.4) is 0 Å². The number of aliphatic hydroxyl groups is 1. The molecule has 2 aromatic carbocycles. The van der Waals surface area contributed by atoms with E-state index in [9.17, 15) is 4.79 Å². The first-order chi connectivity index (χ1) is 11.1. The number of halogens is 1. The number of anilines is 1. The zero-order chi connectivity index (χ0) is 16.7. The summed E-state index contributed by atoms with van der Waals surface area (Å²) < 4.78 is 5.69. The van der Waals surface area contributed by atoms with Crippen LogP contribution in [0.25, 0.3) is 0 Å². The first-order valence-corrected chi connectivity index (χ1v) is 7.71. The molecule has 0 spiro atoms. The van der Waals surface area contributed by atoms with E-state index in [4.69, 9.17) is 21.4 Å². The van der Waals surface area contributed by atoms with Crippen LogP contribution >= 0.6 is 11.6 Å². The standard InChI is InChI=1S/C17H19ClN2O3/c1-2-20(11-12-21)17(22)19-13-7-9-14(10-8-13)23-16-6-4-3-5-15(16)18/h3-10,21H,2,11-12H2,1H3,(H,19,22). The molecule has 0 aliphatic heterocycles. The summed E-state index contributed by atoms with van der Waals surface area (Å²) in [4.78, 5) is 13.5. The van der Waals surface area contributed by atoms with Crippen LogP contribution in [0.15, 0.2) is 48.5 Å². The summed E-state index contributed by atoms with van der Waals surface area (Å²) in [5, 5.41) is 12.2. The average Bonchev–Trinajstić information content (AvgIpc) is 2.56. The lowest BCUT2D eigenvalue weighted by molar-refractivity contribution is 0.192. The van der Waals surface area contributed by atoms with Gasteiger partial charge in [0.15, 0.2) is 0 Å². The molecule has 5 nitrogen and oxygen atoms in total. The molecule has 0 fully saturated rings. The Hall–Kier alpha value is -2.24. The van der Waals surface area contributed by atoms with Gasteiger partial charge in [-0.1, -0.05) is 23.7 Å². The van der Waals surface area contributed by atoms with Crippen molar-refractivity contribution in [3.63, 3.8) is 0 Å². The van der Waals surface area contributed by atoms with Crippen molar-refractivity contribution < 1.29 is 14.6 Å². The molecule has 0 atom stereocenters. The summed E-state index contributed by atoms with van der Waals surface area (Å²) in [6.07, 6.45) is 0. The molecule has 122 valence electrons. The van der Waals surface area contributed by atoms with Crippen molar-refractivity contribution >= 4 is 23.3 Å². The lowest BCUT2D eigenvalue weighted by Gasteiger charge is -2.20. The SMILES string of the molecule is CCN(CCO)C(=O)Nc1ccc(Oc2ccccc2Cl)cc1. The van der Waals surface area contributed by atoms with Crippen LogP contribution in [0.1, 0.15) is 6.92 Å². The number of amides is 2. The maximum Gasteiger partial charge on any atom is 0.321 e. The smallest absolute Gasteiger partial charge is 0.321 e. The third-order valence-corrected chi connectivity index (χ3v) is 3.52. The fourth-order valence-corrected chi connectivity index (χ4v) is 2.16. The Balaban J connectivity index is 1.99. The normalized spacial score (nSPS) is 10.2. The first-order valence-electron chi connectivity index (χ1n) is 7.33. The largest absolute Gasteiger partial charge is 0.456 e. The Morgan fingerprint density at radius 3 is 2.52 bits per heavy atom. The van der Waals surface area contributed by atoms with E-state index in [2.05, 4.69) is 5.32 Å². The maximum atomic E-state index is 12.0. The third-order valence-electron chi connectivity index (χ3n) is 3.21. The predicted octanol–water partition coefficient (Wildman–Crippen LogP) is 3.98. The Kier molecular flexibility index (Phi) is 6.26. The molecule has 0 radical (unpaired) electrons. The highest BCUT2D eigenvalue weighted by Gasteiger charge is 2.11. The molecule has 0 aliphatic carbocycles. The topological polar surface area (TPSA) is 61.8 Å². The zero-order valence-corrected chi connectivity index (χ0v) is 13.6. The molecule has 0 aliphatic rings. The minimum Gasteiger partial charge on any atom is -0.456 e. The van der Waals surface area contributed by atoms with E-state index in [1.807, 2.05) is 19.1 Å². The van der Waals surface area contributed by atoms with E-state index >= 15 is 0 Å². The highest BCUT2D eigenvalue weighted by Crippen LogP contribution is 2.29. The molecular weight excluding hydrogens is 316 g/mol. The van der Waals surface area contributed by atoms with E-state index in [0.717, 1.165) is 0 Å². The van der Waals surface area contributed by atoms with Gasteiger partial charge in [-0.15, -0.1) is 0 Å². The number of nitrogens with zero attached hydrogens (tertiary/aromatic N) is 1. The van der Waals surface area contributed by atoms with Gasteiger partial charge in [-0.05, 0) is 43.3 Å². The van der Waals surface area contributed by atoms with E-state index < -0.39 is 0 Å². The number of benzene rings is 2. The number of para-hydroxylation sites is 1. The lowest BCUT2D eigenvalue weighted by atomic mass is 10.3. The van der Waals surface area contributed by atoms with Crippen molar-refractivity contribution in [1.82, 2.24) is 4.90 Å². The monoisotopic (exact) mass is 334 g/mol. The second-order valence-electron chi connectivity index (χ2n) is 4.79. The van der Waals surface area contributed by atoms with E-state index in [1.165, 1.54) is 4.90 Å². The number of urea groups is 1. The Labute approximate surface area is 140 Å². The molecule has 2 N–H and O–H groups in total. The molecule has 2 amide bonds. The van der Waals surface area contributed by atoms with Gasteiger partial charge in [-0.2, -0.15) is 0 Å². The quantitative estimate of drug-likeness (QED) is 0.840. The van der Waals surface area contributed by atoms with E-state index in [1.54, 1.807) is 36.4 Å². The molecule has 0 unspecified atom stereocenters. The molecule has 0 bridgehead atoms. The van der Waals surface area contributed by atoms with Crippen molar-refractivity contribution in [3.8, 4) is 11.5 Å². The number of hydrogen-bond acceptors (Lipinski definition) is 3. The van der Waals surface area contributed by atoms with Gasteiger partial charge >= 0.3 is 6.03 Å². The van der Waals surface area contributed by atoms with Gasteiger partial charge in [-0.25, -0.2) is 4.79 Å². The summed E-state index contributed by atoms with van der Waals surface area (Å²) in [6, 6.07) is 14.0. The van der Waals surface area contributed by atoms with Crippen LogP contribution < -0.4 is 10.1 Å². The summed E-state index contributed by atoms with van der Waals surface area (Å²) in [5.74, 6) is 1.20. The number of nitrogens with one attached hydrogen (secondary N) is 1. The summed E-state index contributed by atoms with van der Waals surface area (Å²) in [7, 11) is 0. The van der Waals surface area contributed by atoms with Gasteiger partial charge < -0.3 is 20.1 Å². The van der Waals surface area contributed by atoms with Crippen LogP contribution in [-0.2, 0) is 0 Å². The Morgan fingerprint density at radius 2 is 1.91 bits per heavy atom. The van der Waals surface area contributed by atoms with E-state index in [-0.39, 0.29) is 12.6 Å². The molecule has 2 rings (SSSR count). The first kappa shape index (κ1) is 17.1. The van der Waals surface area contributed by atoms with Gasteiger partial charge in [0.1, 0.15) is 11.5 Å². The fourth-order valence-electron chi connectivity index (χ4n) is 1.99. The second kappa shape index (κ2) is 8.41. The van der Waals surface area contributed by atoms with Crippen LogP contribution in [0.4, 0.5) is 10.5 Å². The number of hydrogen-bond donors (Lipinski definition) is 2. The molecule has 0 saturated heterocycles. The van der Waals surface area contributed by atoms with Gasteiger partial charge in [0, 0.05) is 18.8 Å². The summed E-state index contributed by atoms with van der Waals surface area (Å²) in [6.45, 7) is 2.62. The van der Waals surface area contributed by atoms with Crippen molar-refractivity contribution in [2.45, 2.75) is 6.92 Å². The Morgan fingerprint density at radius 1 is 1.22 bits per heavy atom. The minimum atomic E-state index is -0.249. The minimum absolute atomic E-state index is 0.0636. The molecule has 6 heteroatoms. The summed E-state index contributed by atoms with van der Waals surface area (Å²) >= 11 is 6.05. The number of carbonyl (C=O) groups excluding carboxylic acids is 1. The predicted molar refractivity (Wildman–Crippen MR) is 91.3 cm³/mol. The van der Waals surface area contributed by atoms with Gasteiger partial charge in [-0.3, -0.25) is 0 Å². The van der Waals surface area contributed by atoms with Crippen LogP contribution in [-0.4, -0.2) is 35.7 Å². The van der Waals surface area contributed by atoms with Gasteiger partial charge in [0.25, 0.3) is 0 Å². The van der Waals surface area contributed by atoms with Crippen molar-refractivity contribution in [2.75, 3.05) is 25.0 Å². The van der Waals surface area contributed by atoms with Gasteiger partial charge in [0.2, 0.25) is 0 Å². The fraction of sp³-hybridized carbons (Fsp3) is 0.235. The second-order valence-corrected chi connectivity index (χ2v) is 5.20. The van der Waals surface area contributed by atoms with Crippen molar-refractivity contribution in [1.29, 1.82) is 0 Å².